The molecule has 20 heteroatoms. The van der Waals surface area contributed by atoms with Crippen LogP contribution in [-0.4, -0.2) is 124 Å². The first kappa shape index (κ1) is 47.4. The zero-order chi connectivity index (χ0) is 44.9. The number of nitrogens with one attached hydrogen (secondary N) is 4. The summed E-state index contributed by atoms with van der Waals surface area (Å²) < 4.78 is 35.8. The number of urea groups is 2. The first-order valence-electron chi connectivity index (χ1n) is 22.5. The summed E-state index contributed by atoms with van der Waals surface area (Å²) in [5.74, 6) is 0.902. The molecule has 2 aliphatic carbocycles. The monoisotopic (exact) mass is 922 g/mol. The summed E-state index contributed by atoms with van der Waals surface area (Å²) in [5, 5.41) is 26.7. The van der Waals surface area contributed by atoms with E-state index < -0.39 is 15.9 Å². The van der Waals surface area contributed by atoms with Crippen LogP contribution in [0.1, 0.15) is 78.5 Å². The van der Waals surface area contributed by atoms with Gasteiger partial charge < -0.3 is 40.4 Å². The molecule has 6 amide bonds. The lowest BCUT2D eigenvalue weighted by atomic mass is 9.99. The molecular formula is C44H62N10O8S2. The maximum absolute atomic E-state index is 13.4. The van der Waals surface area contributed by atoms with Crippen molar-refractivity contribution in [2.45, 2.75) is 112 Å². The quantitative estimate of drug-likeness (QED) is 0.0643. The molecule has 348 valence electrons. The van der Waals surface area contributed by atoms with Gasteiger partial charge in [0.25, 0.3) is 0 Å². The summed E-state index contributed by atoms with van der Waals surface area (Å²) in [6.07, 6.45) is 11.7. The van der Waals surface area contributed by atoms with Gasteiger partial charge in [-0.2, -0.15) is 11.8 Å². The lowest BCUT2D eigenvalue weighted by Gasteiger charge is -2.17. The molecule has 3 aromatic rings. The minimum atomic E-state index is -3.50. The SMILES string of the molecule is CN(Cc1ccc([S@](N)(=O)=NC(=O)Nc2c3c(cc4c2CCC4)CCC3)cc1)C(=O)CCc1cn(CCOCCOCCOCCNC(=O)CCCC[C@@H]2SC[C@@H]3NC(=O)N[C@@H]32)nn1. The van der Waals surface area contributed by atoms with Crippen molar-refractivity contribution in [1.82, 2.24) is 35.8 Å². The molecule has 0 saturated carbocycles. The number of fused-ring (bicyclic) bond motifs is 3. The first-order chi connectivity index (χ1) is 31.0. The van der Waals surface area contributed by atoms with Crippen molar-refractivity contribution in [2.24, 2.45) is 9.50 Å². The number of aryl methyl sites for hydroxylation is 3. The van der Waals surface area contributed by atoms with Crippen LogP contribution in [0.25, 0.3) is 0 Å². The van der Waals surface area contributed by atoms with Gasteiger partial charge >= 0.3 is 12.1 Å². The molecule has 0 bridgehead atoms. The van der Waals surface area contributed by atoms with E-state index in [9.17, 15) is 23.4 Å². The van der Waals surface area contributed by atoms with Crippen molar-refractivity contribution in [2.75, 3.05) is 64.3 Å². The molecule has 6 N–H and O–H groups in total. The van der Waals surface area contributed by atoms with Crippen molar-refractivity contribution in [3.05, 3.63) is 70.0 Å². The Morgan fingerprint density at radius 3 is 2.39 bits per heavy atom. The molecule has 3 heterocycles. The molecule has 64 heavy (non-hydrogen) atoms. The molecular weight excluding hydrogens is 861 g/mol. The molecule has 4 aliphatic rings. The van der Waals surface area contributed by atoms with E-state index in [1.165, 1.54) is 11.1 Å². The van der Waals surface area contributed by atoms with E-state index in [4.69, 9.17) is 19.3 Å². The number of thioether (sulfide) groups is 1. The fourth-order valence-corrected chi connectivity index (χ4v) is 11.2. The summed E-state index contributed by atoms with van der Waals surface area (Å²) in [7, 11) is -1.77. The normalized spacial score (nSPS) is 19.3. The van der Waals surface area contributed by atoms with Crippen LogP contribution in [0, 0.1) is 0 Å². The minimum Gasteiger partial charge on any atom is -0.377 e. The van der Waals surface area contributed by atoms with Crippen LogP contribution in [0.15, 0.2) is 45.8 Å². The molecule has 0 radical (unpaired) electrons. The highest BCUT2D eigenvalue weighted by Gasteiger charge is 2.42. The number of amides is 6. The van der Waals surface area contributed by atoms with Gasteiger partial charge in [0.2, 0.25) is 11.8 Å². The Balaban J connectivity index is 0.694. The van der Waals surface area contributed by atoms with Crippen LogP contribution in [0.5, 0.6) is 0 Å². The van der Waals surface area contributed by atoms with Gasteiger partial charge in [0.1, 0.15) is 9.92 Å². The van der Waals surface area contributed by atoms with E-state index in [0.29, 0.717) is 83.1 Å². The van der Waals surface area contributed by atoms with E-state index in [1.807, 2.05) is 11.8 Å². The predicted octanol–water partition coefficient (Wildman–Crippen LogP) is 3.67. The van der Waals surface area contributed by atoms with Crippen LogP contribution >= 0.6 is 11.8 Å². The second-order valence-corrected chi connectivity index (χ2v) is 19.8. The van der Waals surface area contributed by atoms with Gasteiger partial charge in [0, 0.05) is 62.3 Å². The number of aromatic nitrogens is 3. The third-order valence-electron chi connectivity index (χ3n) is 12.1. The summed E-state index contributed by atoms with van der Waals surface area (Å²) in [5.41, 5.74) is 7.23. The number of hydrogen-bond donors (Lipinski definition) is 5. The van der Waals surface area contributed by atoms with Crippen LogP contribution in [0.4, 0.5) is 15.3 Å². The fourth-order valence-electron chi connectivity index (χ4n) is 8.74. The Morgan fingerprint density at radius 1 is 0.953 bits per heavy atom. The number of unbranched alkanes of at least 4 members (excludes halogenated alkanes) is 1. The van der Waals surface area contributed by atoms with Gasteiger partial charge in [0.15, 0.2) is 0 Å². The second-order valence-electron chi connectivity index (χ2n) is 16.7. The molecule has 0 unspecified atom stereocenters. The van der Waals surface area contributed by atoms with E-state index in [2.05, 4.69) is 42.0 Å². The van der Waals surface area contributed by atoms with E-state index in [0.717, 1.165) is 85.9 Å². The largest absolute Gasteiger partial charge is 0.377 e. The molecule has 0 spiro atoms. The Morgan fingerprint density at radius 2 is 1.66 bits per heavy atom. The fraction of sp³-hybridized carbons (Fsp3) is 0.591. The summed E-state index contributed by atoms with van der Waals surface area (Å²) in [4.78, 5) is 51.5. The Labute approximate surface area is 379 Å². The van der Waals surface area contributed by atoms with Crippen LogP contribution in [0.3, 0.4) is 0 Å². The van der Waals surface area contributed by atoms with Crippen molar-refractivity contribution >= 4 is 51.2 Å². The van der Waals surface area contributed by atoms with Crippen molar-refractivity contribution < 1.29 is 37.6 Å². The Hall–Kier alpha value is -4.60. The molecule has 7 rings (SSSR count). The molecule has 2 aromatic carbocycles. The summed E-state index contributed by atoms with van der Waals surface area (Å²) in [6.45, 7) is 3.83. The first-order valence-corrected chi connectivity index (χ1v) is 25.1. The summed E-state index contributed by atoms with van der Waals surface area (Å²) in [6, 6.07) is 8.60. The number of anilines is 1. The van der Waals surface area contributed by atoms with Crippen molar-refractivity contribution in [3.8, 4) is 0 Å². The summed E-state index contributed by atoms with van der Waals surface area (Å²) >= 11 is 1.89. The molecule has 2 fully saturated rings. The van der Waals surface area contributed by atoms with Gasteiger partial charge in [-0.3, -0.25) is 9.59 Å². The van der Waals surface area contributed by atoms with E-state index in [1.54, 1.807) is 47.1 Å². The molecule has 2 saturated heterocycles. The minimum absolute atomic E-state index is 0.0237. The van der Waals surface area contributed by atoms with Crippen molar-refractivity contribution in [3.63, 3.8) is 0 Å². The second kappa shape index (κ2) is 23.0. The highest BCUT2D eigenvalue weighted by Crippen LogP contribution is 2.39. The number of hydrogen-bond acceptors (Lipinski definition) is 11. The highest BCUT2D eigenvalue weighted by atomic mass is 32.2. The van der Waals surface area contributed by atoms with Crippen molar-refractivity contribution in [1.29, 1.82) is 0 Å². The third-order valence-corrected chi connectivity index (χ3v) is 15.0. The smallest absolute Gasteiger partial charge is 0.354 e. The number of nitrogens with two attached hydrogens (primary N) is 1. The van der Waals surface area contributed by atoms with E-state index >= 15 is 0 Å². The number of nitrogens with zero attached hydrogens (tertiary/aromatic N) is 5. The van der Waals surface area contributed by atoms with E-state index in [-0.39, 0.29) is 41.2 Å². The molecule has 2 aliphatic heterocycles. The number of ether oxygens (including phenoxy) is 3. The number of carbonyl (C=O) groups excluding carboxylic acids is 4. The number of rotatable bonds is 24. The zero-order valence-electron chi connectivity index (χ0n) is 36.6. The number of carbonyl (C=O) groups is 4. The van der Waals surface area contributed by atoms with Gasteiger partial charge in [-0.15, -0.1) is 9.46 Å². The topological polar surface area (TPSA) is 233 Å². The van der Waals surface area contributed by atoms with Gasteiger partial charge in [-0.1, -0.05) is 29.8 Å². The average molecular weight is 923 g/mol. The highest BCUT2D eigenvalue weighted by molar-refractivity contribution is 8.00. The number of benzene rings is 2. The average Bonchev–Trinajstić information content (AvgIpc) is 4.13. The molecule has 1 aromatic heterocycles. The van der Waals surface area contributed by atoms with Gasteiger partial charge in [-0.25, -0.2) is 23.6 Å². The molecule has 18 nitrogen and oxygen atoms in total. The van der Waals surface area contributed by atoms with Crippen LogP contribution in [-0.2, 0) is 78.9 Å². The van der Waals surface area contributed by atoms with Crippen LogP contribution < -0.4 is 26.4 Å². The predicted molar refractivity (Wildman–Crippen MR) is 243 cm³/mol. The van der Waals surface area contributed by atoms with Gasteiger partial charge in [0.05, 0.1) is 68.9 Å². The maximum Gasteiger partial charge on any atom is 0.354 e. The Kier molecular flexibility index (Phi) is 17.0. The maximum atomic E-state index is 13.4. The van der Waals surface area contributed by atoms with Crippen LogP contribution in [0.2, 0.25) is 0 Å². The lowest BCUT2D eigenvalue weighted by Crippen LogP contribution is -2.36. The zero-order valence-corrected chi connectivity index (χ0v) is 38.3. The Bertz CT molecular complexity index is 2200. The molecule has 4 atom stereocenters. The lowest BCUT2D eigenvalue weighted by molar-refractivity contribution is -0.130. The van der Waals surface area contributed by atoms with Gasteiger partial charge in [-0.05, 0) is 91.3 Å². The standard InChI is InChI=1S/C44H62N10O8S2/c1-53(27-30-12-15-34(16-13-30)64(45,59)51-44(58)48-41-35-8-4-6-31(35)26-32-7-5-9-36(32)41)40(56)17-14-33-28-54(52-50-33)19-21-61-23-25-62-24-22-60-20-18-46-39(55)11-3-2-10-38-42-37(29-63-38)47-43(57)49-42/h12-13,15-16,26,28,37-38,42H,2-11,14,17-25,27,29H2,1H3,(H,46,55)(H2,47,49,57)(H3,45,48,51,58,59)/t37-,38-,42-,64+/m0/s1. The third kappa shape index (κ3) is 13.2.